The number of aromatic nitrogens is 1. The minimum Gasteiger partial charge on any atom is -0.439 e. The van der Waals surface area contributed by atoms with E-state index in [9.17, 15) is 22.0 Å². The highest BCUT2D eigenvalue weighted by Gasteiger charge is 2.45. The van der Waals surface area contributed by atoms with E-state index in [2.05, 4.69) is 33.1 Å². The summed E-state index contributed by atoms with van der Waals surface area (Å²) in [5.41, 5.74) is 2.38. The molecule has 1 atom stereocenters. The Balaban J connectivity index is 1.79. The number of rotatable bonds is 6. The second kappa shape index (κ2) is 10.8. The zero-order valence-electron chi connectivity index (χ0n) is 22.8. The fourth-order valence-corrected chi connectivity index (χ4v) is 7.20. The number of hydrogen-bond acceptors (Lipinski definition) is 5. The number of nitrogens with one attached hydrogen (secondary N) is 1. The van der Waals surface area contributed by atoms with Crippen molar-refractivity contribution in [2.45, 2.75) is 94.8 Å². The van der Waals surface area contributed by atoms with Gasteiger partial charge in [-0.25, -0.2) is 27.0 Å². The molecule has 2 aliphatic rings. The van der Waals surface area contributed by atoms with Crippen molar-refractivity contribution in [1.29, 1.82) is 0 Å². The number of ether oxygens (including phenoxy) is 1. The first-order chi connectivity index (χ1) is 18.1. The molecule has 0 aliphatic heterocycles. The van der Waals surface area contributed by atoms with E-state index < -0.39 is 44.0 Å². The lowest BCUT2D eigenvalue weighted by molar-refractivity contribution is 0.0883. The highest BCUT2D eigenvalue weighted by molar-refractivity contribution is 9.10. The summed E-state index contributed by atoms with van der Waals surface area (Å²) in [5.74, 6) is 4.50. The summed E-state index contributed by atoms with van der Waals surface area (Å²) in [6.07, 6.45) is 1.89. The van der Waals surface area contributed by atoms with E-state index in [4.69, 9.17) is 9.72 Å². The Morgan fingerprint density at radius 1 is 1.13 bits per heavy atom. The molecule has 10 heteroatoms. The fraction of sp³-hybridized carbons (Fsp3) is 0.517. The van der Waals surface area contributed by atoms with Gasteiger partial charge in [-0.3, -0.25) is 0 Å². The van der Waals surface area contributed by atoms with Gasteiger partial charge in [0, 0.05) is 22.5 Å². The monoisotopic (exact) mass is 622 g/mol. The zero-order chi connectivity index (χ0) is 28.8. The van der Waals surface area contributed by atoms with Crippen LogP contribution < -0.4 is 5.32 Å². The van der Waals surface area contributed by atoms with Crippen LogP contribution in [0.1, 0.15) is 88.1 Å². The predicted molar refractivity (Wildman–Crippen MR) is 149 cm³/mol. The van der Waals surface area contributed by atoms with E-state index in [1.807, 2.05) is 0 Å². The highest BCUT2D eigenvalue weighted by Crippen LogP contribution is 2.38. The molecule has 2 aliphatic carbocycles. The summed E-state index contributed by atoms with van der Waals surface area (Å²) in [5, 5.41) is 2.39. The first kappa shape index (κ1) is 29.5. The van der Waals surface area contributed by atoms with E-state index in [1.165, 1.54) is 12.1 Å². The fourth-order valence-electron chi connectivity index (χ4n) is 4.63. The van der Waals surface area contributed by atoms with E-state index in [-0.39, 0.29) is 11.7 Å². The first-order valence-corrected chi connectivity index (χ1v) is 15.3. The van der Waals surface area contributed by atoms with Crippen LogP contribution >= 0.6 is 15.9 Å². The molecule has 1 fully saturated rings. The molecule has 0 saturated heterocycles. The standard InChI is InChI=1S/C29H33BrF2N2O4S/c1-28(2,3)34-27(35)38-24(15-17-13-18(31)16-19(32)14-17)26-25(30)22-8-6-7-21(22)23(33-26)11-12-29(4,5)39(36,37)20-9-10-20/h13-14,16,20,24H,6-10,15H2,1-5H3,(H,34,35)/t24-/m0/s1. The zero-order valence-corrected chi connectivity index (χ0v) is 25.2. The maximum atomic E-state index is 14.0. The lowest BCUT2D eigenvalue weighted by atomic mass is 10.0. The molecule has 1 aromatic heterocycles. The number of hydrogen-bond donors (Lipinski definition) is 1. The highest BCUT2D eigenvalue weighted by atomic mass is 79.9. The molecule has 210 valence electrons. The quantitative estimate of drug-likeness (QED) is 0.392. The van der Waals surface area contributed by atoms with E-state index in [0.717, 1.165) is 36.5 Å². The van der Waals surface area contributed by atoms with Gasteiger partial charge in [0.2, 0.25) is 0 Å². The number of amides is 1. The molecule has 39 heavy (non-hydrogen) atoms. The summed E-state index contributed by atoms with van der Waals surface area (Å²) in [6.45, 7) is 8.63. The SMILES string of the molecule is CC(C)(C)NC(=O)O[C@@H](Cc1cc(F)cc(F)c1)c1nc(C#CC(C)(C)S(=O)(=O)C2CC2)c2c(c1Br)CCC2. The Kier molecular flexibility index (Phi) is 8.17. The number of nitrogens with zero attached hydrogens (tertiary/aromatic N) is 1. The van der Waals surface area contributed by atoms with Gasteiger partial charge in [-0.15, -0.1) is 0 Å². The molecular formula is C29H33BrF2N2O4S. The van der Waals surface area contributed by atoms with Crippen molar-refractivity contribution < 1.29 is 26.7 Å². The van der Waals surface area contributed by atoms with Crippen LogP contribution in [0, 0.1) is 23.5 Å². The van der Waals surface area contributed by atoms with Crippen molar-refractivity contribution in [3.8, 4) is 11.8 Å². The second-order valence-electron chi connectivity index (χ2n) is 11.7. The molecule has 0 radical (unpaired) electrons. The van der Waals surface area contributed by atoms with Gasteiger partial charge in [0.1, 0.15) is 22.1 Å². The summed E-state index contributed by atoms with van der Waals surface area (Å²) in [6, 6.07) is 3.16. The Hall–Kier alpha value is -2.51. The number of alkyl carbamates (subject to hydrolysis) is 1. The van der Waals surface area contributed by atoms with Crippen LogP contribution in [-0.4, -0.2) is 35.0 Å². The van der Waals surface area contributed by atoms with E-state index in [1.54, 1.807) is 34.6 Å². The lowest BCUT2D eigenvalue weighted by Crippen LogP contribution is -2.41. The van der Waals surface area contributed by atoms with E-state index in [0.29, 0.717) is 34.3 Å². The third-order valence-electron chi connectivity index (χ3n) is 6.76. The van der Waals surface area contributed by atoms with Crippen LogP contribution in [0.3, 0.4) is 0 Å². The molecule has 0 bridgehead atoms. The molecule has 1 N–H and O–H groups in total. The number of benzene rings is 1. The maximum absolute atomic E-state index is 14.0. The van der Waals surface area contributed by atoms with Crippen LogP contribution in [0.5, 0.6) is 0 Å². The molecule has 1 saturated carbocycles. The van der Waals surface area contributed by atoms with Gasteiger partial charge in [-0.2, -0.15) is 0 Å². The largest absolute Gasteiger partial charge is 0.439 e. The molecule has 2 aromatic rings. The number of pyridine rings is 1. The molecular weight excluding hydrogens is 590 g/mol. The summed E-state index contributed by atoms with van der Waals surface area (Å²) >= 11 is 3.64. The van der Waals surface area contributed by atoms with Crippen molar-refractivity contribution >= 4 is 31.9 Å². The van der Waals surface area contributed by atoms with Crippen LogP contribution in [0.4, 0.5) is 13.6 Å². The van der Waals surface area contributed by atoms with Crippen molar-refractivity contribution in [2.24, 2.45) is 0 Å². The molecule has 0 spiro atoms. The van der Waals surface area contributed by atoms with Gasteiger partial charge in [-0.05, 0) is 117 Å². The number of carbonyl (C=O) groups excluding carboxylic acids is 1. The normalized spacial score (nSPS) is 16.2. The minimum absolute atomic E-state index is 0.0367. The van der Waals surface area contributed by atoms with Crippen LogP contribution in [0.15, 0.2) is 22.7 Å². The number of sulfone groups is 1. The van der Waals surface area contributed by atoms with Crippen molar-refractivity contribution in [3.63, 3.8) is 0 Å². The van der Waals surface area contributed by atoms with Crippen molar-refractivity contribution in [2.75, 3.05) is 0 Å². The van der Waals surface area contributed by atoms with Gasteiger partial charge in [-0.1, -0.05) is 5.92 Å². The second-order valence-corrected chi connectivity index (χ2v) is 15.3. The maximum Gasteiger partial charge on any atom is 0.408 e. The predicted octanol–water partition coefficient (Wildman–Crippen LogP) is 6.13. The Labute approximate surface area is 237 Å². The topological polar surface area (TPSA) is 85.4 Å². The van der Waals surface area contributed by atoms with Gasteiger partial charge < -0.3 is 10.1 Å². The van der Waals surface area contributed by atoms with E-state index >= 15 is 0 Å². The Bertz CT molecular complexity index is 1450. The average Bonchev–Trinajstić information content (AvgIpc) is 3.54. The van der Waals surface area contributed by atoms with Crippen LogP contribution in [0.2, 0.25) is 0 Å². The third-order valence-corrected chi connectivity index (χ3v) is 10.5. The number of fused-ring (bicyclic) bond motifs is 1. The number of halogens is 3. The van der Waals surface area contributed by atoms with Gasteiger partial charge in [0.15, 0.2) is 15.9 Å². The Morgan fingerprint density at radius 2 is 1.74 bits per heavy atom. The van der Waals surface area contributed by atoms with Crippen molar-refractivity contribution in [1.82, 2.24) is 10.3 Å². The van der Waals surface area contributed by atoms with Gasteiger partial charge >= 0.3 is 6.09 Å². The molecule has 0 unspecified atom stereocenters. The third kappa shape index (κ3) is 6.80. The number of carbonyl (C=O) groups is 1. The van der Waals surface area contributed by atoms with Gasteiger partial charge in [0.25, 0.3) is 0 Å². The van der Waals surface area contributed by atoms with Gasteiger partial charge in [0.05, 0.1) is 10.9 Å². The first-order valence-electron chi connectivity index (χ1n) is 13.0. The summed E-state index contributed by atoms with van der Waals surface area (Å²) in [4.78, 5) is 17.6. The smallest absolute Gasteiger partial charge is 0.408 e. The molecule has 6 nitrogen and oxygen atoms in total. The summed E-state index contributed by atoms with van der Waals surface area (Å²) in [7, 11) is -3.43. The summed E-state index contributed by atoms with van der Waals surface area (Å²) < 4.78 is 59.1. The van der Waals surface area contributed by atoms with Crippen molar-refractivity contribution in [3.05, 3.63) is 62.4 Å². The van der Waals surface area contributed by atoms with Crippen LogP contribution in [-0.2, 0) is 33.8 Å². The molecule has 1 heterocycles. The molecule has 4 rings (SSSR count). The minimum atomic E-state index is -3.43. The molecule has 1 amide bonds. The average molecular weight is 624 g/mol. The Morgan fingerprint density at radius 3 is 2.33 bits per heavy atom. The lowest BCUT2D eigenvalue weighted by Gasteiger charge is -2.25. The molecule has 1 aromatic carbocycles. The van der Waals surface area contributed by atoms with Crippen LogP contribution in [0.25, 0.3) is 0 Å².